The Balaban J connectivity index is 0.000000270. The molecule has 0 aromatic carbocycles. The molecule has 0 aromatic rings. The van der Waals surface area contributed by atoms with Gasteiger partial charge >= 0.3 is 0 Å². The molecule has 2 rings (SSSR count). The van der Waals surface area contributed by atoms with Gasteiger partial charge in [0.1, 0.15) is 5.60 Å². The van der Waals surface area contributed by atoms with Crippen molar-refractivity contribution in [3.8, 4) is 0 Å². The Labute approximate surface area is 130 Å². The molecule has 2 fully saturated rings. The summed E-state index contributed by atoms with van der Waals surface area (Å²) in [7, 11) is 0. The van der Waals surface area contributed by atoms with E-state index in [4.69, 9.17) is 0 Å². The van der Waals surface area contributed by atoms with E-state index in [-0.39, 0.29) is 5.60 Å². The van der Waals surface area contributed by atoms with Crippen LogP contribution in [0.2, 0.25) is 0 Å². The molecule has 0 amide bonds. The Hall–Kier alpha value is -0.610. The van der Waals surface area contributed by atoms with Crippen LogP contribution in [0, 0.1) is 11.8 Å². The zero-order chi connectivity index (χ0) is 15.6. The number of ether oxygens (including phenoxy) is 1. The van der Waals surface area contributed by atoms with Crippen LogP contribution in [0.5, 0.6) is 0 Å². The number of carbonyl (C=O) groups excluding carboxylic acids is 1. The van der Waals surface area contributed by atoms with Crippen LogP contribution < -0.4 is 10.6 Å². The molecule has 2 heterocycles. The zero-order valence-corrected chi connectivity index (χ0v) is 14.1. The summed E-state index contributed by atoms with van der Waals surface area (Å²) in [5.41, 5.74) is -0.318. The lowest BCUT2D eigenvalue weighted by Gasteiger charge is -2.27. The van der Waals surface area contributed by atoms with Crippen LogP contribution in [0.15, 0.2) is 0 Å². The quantitative estimate of drug-likeness (QED) is 0.784. The van der Waals surface area contributed by atoms with E-state index in [2.05, 4.69) is 15.4 Å². The molecular formula is C17H34N2O2. The minimum absolute atomic E-state index is 0.318. The smallest absolute Gasteiger partial charge is 0.293 e. The first-order valence-electron chi connectivity index (χ1n) is 8.54. The van der Waals surface area contributed by atoms with Gasteiger partial charge in [-0.15, -0.1) is 0 Å². The second-order valence-corrected chi connectivity index (χ2v) is 7.29. The molecule has 0 aromatic heterocycles. The first-order valence-corrected chi connectivity index (χ1v) is 8.54. The molecule has 0 radical (unpaired) electrons. The highest BCUT2D eigenvalue weighted by molar-refractivity contribution is 5.37. The lowest BCUT2D eigenvalue weighted by molar-refractivity contribution is -0.138. The van der Waals surface area contributed by atoms with Crippen molar-refractivity contribution in [3.63, 3.8) is 0 Å². The monoisotopic (exact) mass is 298 g/mol. The second kappa shape index (κ2) is 10.2. The Morgan fingerprint density at radius 2 is 1.29 bits per heavy atom. The van der Waals surface area contributed by atoms with Crippen LogP contribution >= 0.6 is 0 Å². The molecule has 21 heavy (non-hydrogen) atoms. The molecule has 2 aliphatic heterocycles. The largest absolute Gasteiger partial charge is 0.462 e. The van der Waals surface area contributed by atoms with Crippen molar-refractivity contribution in [2.45, 2.75) is 64.9 Å². The number of nitrogens with one attached hydrogen (secondary N) is 2. The van der Waals surface area contributed by atoms with Crippen molar-refractivity contribution >= 4 is 6.47 Å². The van der Waals surface area contributed by atoms with Crippen molar-refractivity contribution in [1.29, 1.82) is 0 Å². The molecule has 2 saturated heterocycles. The fraction of sp³-hybridized carbons (Fsp3) is 0.941. The van der Waals surface area contributed by atoms with Crippen LogP contribution in [-0.2, 0) is 9.53 Å². The first kappa shape index (κ1) is 18.4. The normalized spacial score (nSPS) is 21.3. The van der Waals surface area contributed by atoms with Gasteiger partial charge in [-0.3, -0.25) is 4.79 Å². The molecule has 2 N–H and O–H groups in total. The van der Waals surface area contributed by atoms with E-state index >= 15 is 0 Å². The van der Waals surface area contributed by atoms with Crippen LogP contribution in [0.3, 0.4) is 0 Å². The van der Waals surface area contributed by atoms with E-state index in [0.29, 0.717) is 6.47 Å². The maximum absolute atomic E-state index is 9.60. The van der Waals surface area contributed by atoms with E-state index in [0.717, 1.165) is 11.8 Å². The van der Waals surface area contributed by atoms with E-state index < -0.39 is 0 Å². The minimum Gasteiger partial charge on any atom is -0.462 e. The minimum atomic E-state index is -0.318. The van der Waals surface area contributed by atoms with Gasteiger partial charge in [0.05, 0.1) is 0 Å². The third-order valence-corrected chi connectivity index (χ3v) is 4.30. The second-order valence-electron chi connectivity index (χ2n) is 7.29. The maximum atomic E-state index is 9.60. The third-order valence-electron chi connectivity index (χ3n) is 4.30. The van der Waals surface area contributed by atoms with Gasteiger partial charge < -0.3 is 15.4 Å². The summed E-state index contributed by atoms with van der Waals surface area (Å²) < 4.78 is 4.55. The van der Waals surface area contributed by atoms with E-state index in [1.165, 1.54) is 64.7 Å². The van der Waals surface area contributed by atoms with Gasteiger partial charge in [0.25, 0.3) is 6.47 Å². The van der Waals surface area contributed by atoms with Crippen LogP contribution in [0.4, 0.5) is 0 Å². The molecular weight excluding hydrogens is 264 g/mol. The topological polar surface area (TPSA) is 50.4 Å². The molecule has 0 spiro atoms. The Bertz CT molecular complexity index is 246. The molecule has 124 valence electrons. The number of rotatable bonds is 4. The van der Waals surface area contributed by atoms with Crippen molar-refractivity contribution in [1.82, 2.24) is 10.6 Å². The highest BCUT2D eigenvalue weighted by Gasteiger charge is 2.17. The van der Waals surface area contributed by atoms with Gasteiger partial charge in [-0.25, -0.2) is 0 Å². The molecule has 4 nitrogen and oxygen atoms in total. The van der Waals surface area contributed by atoms with Gasteiger partial charge in [0.15, 0.2) is 0 Å². The first-order chi connectivity index (χ1) is 10.0. The average molecular weight is 298 g/mol. The SMILES string of the molecule is C1CC(CCC2CCNCC2)CCN1.CC(C)(C)OC=O. The summed E-state index contributed by atoms with van der Waals surface area (Å²) in [6.07, 6.45) is 8.67. The van der Waals surface area contributed by atoms with Gasteiger partial charge in [0.2, 0.25) is 0 Å². The van der Waals surface area contributed by atoms with Crippen LogP contribution in [-0.4, -0.2) is 38.3 Å². The molecule has 4 heteroatoms. The molecule has 0 atom stereocenters. The lowest BCUT2D eigenvalue weighted by atomic mass is 9.86. The zero-order valence-electron chi connectivity index (χ0n) is 14.1. The summed E-state index contributed by atoms with van der Waals surface area (Å²) in [6.45, 7) is 11.0. The van der Waals surface area contributed by atoms with Gasteiger partial charge in [-0.1, -0.05) is 12.8 Å². The van der Waals surface area contributed by atoms with E-state index in [1.54, 1.807) is 0 Å². The average Bonchev–Trinajstić information content (AvgIpc) is 2.47. The Kier molecular flexibility index (Phi) is 8.93. The highest BCUT2D eigenvalue weighted by Crippen LogP contribution is 2.24. The molecule has 0 bridgehead atoms. The number of carbonyl (C=O) groups is 1. The Morgan fingerprint density at radius 3 is 1.52 bits per heavy atom. The third kappa shape index (κ3) is 9.86. The van der Waals surface area contributed by atoms with Crippen molar-refractivity contribution in [3.05, 3.63) is 0 Å². The van der Waals surface area contributed by atoms with Gasteiger partial charge in [-0.2, -0.15) is 0 Å². The molecule has 2 aliphatic rings. The van der Waals surface area contributed by atoms with Crippen LogP contribution in [0.1, 0.15) is 59.3 Å². The van der Waals surface area contributed by atoms with E-state index in [9.17, 15) is 4.79 Å². The predicted molar refractivity (Wildman–Crippen MR) is 87.3 cm³/mol. The maximum Gasteiger partial charge on any atom is 0.293 e. The number of piperidine rings is 2. The summed E-state index contributed by atoms with van der Waals surface area (Å²) in [5, 5.41) is 6.89. The fourth-order valence-electron chi connectivity index (χ4n) is 2.96. The fourth-order valence-corrected chi connectivity index (χ4v) is 2.96. The van der Waals surface area contributed by atoms with Crippen LogP contribution in [0.25, 0.3) is 0 Å². The highest BCUT2D eigenvalue weighted by atomic mass is 16.5. The summed E-state index contributed by atoms with van der Waals surface area (Å²) in [4.78, 5) is 9.60. The van der Waals surface area contributed by atoms with Gasteiger partial charge in [0, 0.05) is 0 Å². The molecule has 0 unspecified atom stereocenters. The van der Waals surface area contributed by atoms with Gasteiger partial charge in [-0.05, 0) is 84.5 Å². The van der Waals surface area contributed by atoms with Crippen molar-refractivity contribution < 1.29 is 9.53 Å². The number of hydrogen-bond donors (Lipinski definition) is 2. The summed E-state index contributed by atoms with van der Waals surface area (Å²) in [6, 6.07) is 0. The molecule has 0 aliphatic carbocycles. The standard InChI is InChI=1S/C12H24N2.C5H10O2/c1(11-3-7-13-8-4-11)2-12-5-9-14-10-6-12;1-5(2,3)7-4-6/h11-14H,1-10H2;4H,1-3H3. The van der Waals surface area contributed by atoms with E-state index in [1.807, 2.05) is 20.8 Å². The lowest BCUT2D eigenvalue weighted by Crippen LogP contribution is -2.30. The number of hydrogen-bond acceptors (Lipinski definition) is 4. The van der Waals surface area contributed by atoms with Crippen molar-refractivity contribution in [2.24, 2.45) is 11.8 Å². The summed E-state index contributed by atoms with van der Waals surface area (Å²) in [5.74, 6) is 2.07. The summed E-state index contributed by atoms with van der Waals surface area (Å²) >= 11 is 0. The molecule has 0 saturated carbocycles. The Morgan fingerprint density at radius 1 is 0.905 bits per heavy atom. The predicted octanol–water partition coefficient (Wildman–Crippen LogP) is 2.72. The van der Waals surface area contributed by atoms with Crippen molar-refractivity contribution in [2.75, 3.05) is 26.2 Å².